The molecule has 3 amide bonds. The normalized spacial score (nSPS) is 38.3. The highest BCUT2D eigenvalue weighted by molar-refractivity contribution is 6.07. The van der Waals surface area contributed by atoms with Crippen LogP contribution in [0.4, 0.5) is 4.79 Å². The topological polar surface area (TPSA) is 84.9 Å². The van der Waals surface area contributed by atoms with E-state index in [4.69, 9.17) is 9.47 Å². The molecule has 0 unspecified atom stereocenters. The molecule has 7 nitrogen and oxygen atoms in total. The minimum atomic E-state index is -0.817. The van der Waals surface area contributed by atoms with Crippen LogP contribution in [0, 0.1) is 11.8 Å². The van der Waals surface area contributed by atoms with E-state index in [1.54, 1.807) is 4.90 Å². The number of carbonyl (C=O) groups is 3. The van der Waals surface area contributed by atoms with Crippen LogP contribution in [0.25, 0.3) is 0 Å². The number of piperidine rings is 1. The Labute approximate surface area is 136 Å². The molecule has 7 heteroatoms. The Balaban J connectivity index is 0.00000192. The van der Waals surface area contributed by atoms with Gasteiger partial charge in [-0.3, -0.25) is 14.9 Å². The fraction of sp³-hybridized carbons (Fsp3) is 0.688. The summed E-state index contributed by atoms with van der Waals surface area (Å²) in [6.45, 7) is 7.97. The summed E-state index contributed by atoms with van der Waals surface area (Å²) in [5, 5.41) is 2.29. The maximum absolute atomic E-state index is 12.3. The first-order chi connectivity index (χ1) is 10.4. The molecule has 0 aromatic carbocycles. The molecule has 3 heterocycles. The predicted molar refractivity (Wildman–Crippen MR) is 82.5 cm³/mol. The quantitative estimate of drug-likeness (QED) is 0.607. The molecule has 3 rings (SSSR count). The SMILES string of the molecule is C.C=CCOC(=O)N1C[C@H](C)C[C@]2(C)O[C@@H]3C(=O)NC(=O)[C@@H]3[C@H]12. The van der Waals surface area contributed by atoms with E-state index in [1.807, 2.05) is 13.8 Å². The van der Waals surface area contributed by atoms with Gasteiger partial charge in [0, 0.05) is 6.54 Å². The molecule has 0 aromatic heterocycles. The van der Waals surface area contributed by atoms with Crippen LogP contribution in [0.5, 0.6) is 0 Å². The van der Waals surface area contributed by atoms with E-state index in [0.29, 0.717) is 13.0 Å². The second kappa shape index (κ2) is 5.96. The molecule has 0 radical (unpaired) electrons. The Bertz CT molecular complexity index is 549. The van der Waals surface area contributed by atoms with Crippen molar-refractivity contribution in [2.24, 2.45) is 11.8 Å². The van der Waals surface area contributed by atoms with Crippen LogP contribution < -0.4 is 5.32 Å². The smallest absolute Gasteiger partial charge is 0.410 e. The Morgan fingerprint density at radius 3 is 2.87 bits per heavy atom. The Morgan fingerprint density at radius 2 is 2.22 bits per heavy atom. The molecular formula is C16H24N2O5. The van der Waals surface area contributed by atoms with E-state index in [9.17, 15) is 14.4 Å². The van der Waals surface area contributed by atoms with E-state index in [1.165, 1.54) is 6.08 Å². The molecule has 0 aromatic rings. The van der Waals surface area contributed by atoms with Gasteiger partial charge in [-0.25, -0.2) is 4.79 Å². The van der Waals surface area contributed by atoms with Crippen LogP contribution in [-0.4, -0.2) is 53.7 Å². The van der Waals surface area contributed by atoms with Crippen LogP contribution in [0.1, 0.15) is 27.7 Å². The van der Waals surface area contributed by atoms with Crippen molar-refractivity contribution in [2.75, 3.05) is 13.2 Å². The van der Waals surface area contributed by atoms with Gasteiger partial charge in [0.2, 0.25) is 5.91 Å². The minimum Gasteiger partial charge on any atom is -0.445 e. The third-order valence-corrected chi connectivity index (χ3v) is 4.65. The Morgan fingerprint density at radius 1 is 1.52 bits per heavy atom. The molecule has 0 spiro atoms. The van der Waals surface area contributed by atoms with Crippen LogP contribution in [0.15, 0.2) is 12.7 Å². The third kappa shape index (κ3) is 2.63. The Hall–Kier alpha value is -1.89. The highest BCUT2D eigenvalue weighted by Crippen LogP contribution is 2.47. The molecule has 3 saturated heterocycles. The average molecular weight is 324 g/mol. The van der Waals surface area contributed by atoms with E-state index in [2.05, 4.69) is 11.9 Å². The lowest BCUT2D eigenvalue weighted by Crippen LogP contribution is -2.60. The van der Waals surface area contributed by atoms with E-state index >= 15 is 0 Å². The van der Waals surface area contributed by atoms with Crippen molar-refractivity contribution in [1.82, 2.24) is 10.2 Å². The van der Waals surface area contributed by atoms with Gasteiger partial charge in [-0.1, -0.05) is 27.0 Å². The molecule has 23 heavy (non-hydrogen) atoms. The zero-order valence-electron chi connectivity index (χ0n) is 12.7. The zero-order valence-corrected chi connectivity index (χ0v) is 12.7. The van der Waals surface area contributed by atoms with Gasteiger partial charge >= 0.3 is 6.09 Å². The summed E-state index contributed by atoms with van der Waals surface area (Å²) >= 11 is 0. The average Bonchev–Trinajstić information content (AvgIpc) is 2.89. The maximum atomic E-state index is 12.3. The summed E-state index contributed by atoms with van der Waals surface area (Å²) in [7, 11) is 0. The molecule has 0 saturated carbocycles. The molecule has 3 aliphatic rings. The van der Waals surface area contributed by atoms with Gasteiger partial charge in [-0.05, 0) is 19.3 Å². The van der Waals surface area contributed by atoms with Gasteiger partial charge in [0.1, 0.15) is 6.61 Å². The fourth-order valence-corrected chi connectivity index (χ4v) is 4.05. The van der Waals surface area contributed by atoms with E-state index < -0.39 is 35.7 Å². The van der Waals surface area contributed by atoms with Crippen LogP contribution in [0.3, 0.4) is 0 Å². The number of nitrogens with zero attached hydrogens (tertiary/aromatic N) is 1. The fourth-order valence-electron chi connectivity index (χ4n) is 4.05. The van der Waals surface area contributed by atoms with Crippen molar-refractivity contribution < 1.29 is 23.9 Å². The number of amides is 3. The van der Waals surface area contributed by atoms with Gasteiger partial charge in [0.05, 0.1) is 17.6 Å². The summed E-state index contributed by atoms with van der Waals surface area (Å²) in [5.74, 6) is -1.27. The number of imide groups is 1. The van der Waals surface area contributed by atoms with Crippen LogP contribution in [-0.2, 0) is 19.1 Å². The van der Waals surface area contributed by atoms with Gasteiger partial charge < -0.3 is 14.4 Å². The second-order valence-corrected chi connectivity index (χ2v) is 6.50. The van der Waals surface area contributed by atoms with Gasteiger partial charge in [0.15, 0.2) is 6.10 Å². The second-order valence-electron chi connectivity index (χ2n) is 6.50. The van der Waals surface area contributed by atoms with Gasteiger partial charge in [0.25, 0.3) is 5.91 Å². The predicted octanol–water partition coefficient (Wildman–Crippen LogP) is 1.09. The Kier molecular flexibility index (Phi) is 4.52. The summed E-state index contributed by atoms with van der Waals surface area (Å²) in [5.41, 5.74) is -0.715. The van der Waals surface area contributed by atoms with Crippen LogP contribution in [0.2, 0.25) is 0 Å². The third-order valence-electron chi connectivity index (χ3n) is 4.65. The lowest BCUT2D eigenvalue weighted by molar-refractivity contribution is -0.140. The summed E-state index contributed by atoms with van der Waals surface area (Å²) in [6.07, 6.45) is 0.863. The van der Waals surface area contributed by atoms with Crippen molar-refractivity contribution in [3.63, 3.8) is 0 Å². The van der Waals surface area contributed by atoms with Crippen molar-refractivity contribution in [3.8, 4) is 0 Å². The highest BCUT2D eigenvalue weighted by atomic mass is 16.6. The number of likely N-dealkylation sites (tertiary alicyclic amines) is 1. The number of hydrogen-bond donors (Lipinski definition) is 1. The first-order valence-electron chi connectivity index (χ1n) is 7.44. The standard InChI is InChI=1S/C15H20N2O5.CH4/c1-4-5-21-14(20)17-7-8(2)6-15(3)11(17)9-10(22-15)13(19)16-12(9)18;/h4,8-11H,1,5-7H2,2-3H3,(H,16,18,19);1H4/t8-,9+,10+,11+,15+;/m1./s1. The van der Waals surface area contributed by atoms with E-state index in [0.717, 1.165) is 0 Å². The van der Waals surface area contributed by atoms with Gasteiger partial charge in [-0.2, -0.15) is 0 Å². The molecule has 128 valence electrons. The van der Waals surface area contributed by atoms with Crippen molar-refractivity contribution in [3.05, 3.63) is 12.7 Å². The van der Waals surface area contributed by atoms with Gasteiger partial charge in [-0.15, -0.1) is 0 Å². The number of ether oxygens (including phenoxy) is 2. The van der Waals surface area contributed by atoms with Crippen molar-refractivity contribution in [2.45, 2.75) is 45.4 Å². The molecule has 1 N–H and O–H groups in total. The highest BCUT2D eigenvalue weighted by Gasteiger charge is 2.65. The molecule has 5 atom stereocenters. The molecule has 3 aliphatic heterocycles. The summed E-state index contributed by atoms with van der Waals surface area (Å²) in [4.78, 5) is 37.9. The lowest BCUT2D eigenvalue weighted by Gasteiger charge is -2.46. The van der Waals surface area contributed by atoms with E-state index in [-0.39, 0.29) is 25.9 Å². The number of rotatable bonds is 2. The maximum Gasteiger partial charge on any atom is 0.410 e. The van der Waals surface area contributed by atoms with Crippen molar-refractivity contribution in [1.29, 1.82) is 0 Å². The monoisotopic (exact) mass is 324 g/mol. The number of hydrogen-bond acceptors (Lipinski definition) is 5. The zero-order chi connectivity index (χ0) is 16.1. The molecule has 0 bridgehead atoms. The van der Waals surface area contributed by atoms with Crippen molar-refractivity contribution >= 4 is 17.9 Å². The first-order valence-corrected chi connectivity index (χ1v) is 7.44. The molecule has 0 aliphatic carbocycles. The first kappa shape index (κ1) is 17.5. The molecular weight excluding hydrogens is 300 g/mol. The number of nitrogens with one attached hydrogen (secondary N) is 1. The lowest BCUT2D eigenvalue weighted by atomic mass is 9.77. The largest absolute Gasteiger partial charge is 0.445 e. The summed E-state index contributed by atoms with van der Waals surface area (Å²) < 4.78 is 11.1. The summed E-state index contributed by atoms with van der Waals surface area (Å²) in [6, 6.07) is -0.488. The molecule has 3 fully saturated rings. The number of carbonyl (C=O) groups excluding carboxylic acids is 3. The number of fused-ring (bicyclic) bond motifs is 3. The van der Waals surface area contributed by atoms with Crippen LogP contribution >= 0.6 is 0 Å². The minimum absolute atomic E-state index is 0.